The van der Waals surface area contributed by atoms with Crippen molar-refractivity contribution in [2.24, 2.45) is 0 Å². The number of aromatic nitrogens is 3. The second kappa shape index (κ2) is 8.27. The Kier molecular flexibility index (Phi) is 5.67. The predicted molar refractivity (Wildman–Crippen MR) is 107 cm³/mol. The molecule has 1 aliphatic heterocycles. The van der Waals surface area contributed by atoms with Crippen LogP contribution in [0.3, 0.4) is 0 Å². The van der Waals surface area contributed by atoms with Crippen molar-refractivity contribution in [1.29, 1.82) is 0 Å². The van der Waals surface area contributed by atoms with Crippen molar-refractivity contribution in [1.82, 2.24) is 23.8 Å². The van der Waals surface area contributed by atoms with Gasteiger partial charge in [-0.05, 0) is 6.07 Å². The zero-order valence-electron chi connectivity index (χ0n) is 16.2. The molecule has 8 nitrogen and oxygen atoms in total. The van der Waals surface area contributed by atoms with Crippen molar-refractivity contribution >= 4 is 22.2 Å². The first-order valence-electron chi connectivity index (χ1n) is 9.44. The van der Waals surface area contributed by atoms with Gasteiger partial charge in [-0.2, -0.15) is 13.2 Å². The van der Waals surface area contributed by atoms with E-state index < -0.39 is 29.8 Å². The van der Waals surface area contributed by atoms with Crippen molar-refractivity contribution in [3.63, 3.8) is 0 Å². The Hall–Kier alpha value is -2.99. The first kappa shape index (κ1) is 21.2. The molecule has 0 bridgehead atoms. The van der Waals surface area contributed by atoms with E-state index in [4.69, 9.17) is 0 Å². The van der Waals surface area contributed by atoms with Gasteiger partial charge in [-0.15, -0.1) is 11.3 Å². The summed E-state index contributed by atoms with van der Waals surface area (Å²) in [4.78, 5) is 45.1. The zero-order chi connectivity index (χ0) is 22.2. The van der Waals surface area contributed by atoms with Gasteiger partial charge in [0, 0.05) is 62.6 Å². The fourth-order valence-corrected chi connectivity index (χ4v) is 4.16. The largest absolute Gasteiger partial charge is 0.417 e. The van der Waals surface area contributed by atoms with Crippen LogP contribution in [0.1, 0.15) is 11.3 Å². The number of nitrogens with zero attached hydrogens (tertiary/aromatic N) is 5. The third kappa shape index (κ3) is 4.69. The first-order chi connectivity index (χ1) is 14.7. The number of hydrogen-bond acceptors (Lipinski definition) is 6. The van der Waals surface area contributed by atoms with E-state index in [9.17, 15) is 27.6 Å². The van der Waals surface area contributed by atoms with Crippen LogP contribution in [0.4, 0.5) is 13.2 Å². The highest BCUT2D eigenvalue weighted by atomic mass is 32.1. The lowest BCUT2D eigenvalue weighted by atomic mass is 10.2. The van der Waals surface area contributed by atoms with Gasteiger partial charge < -0.3 is 9.47 Å². The van der Waals surface area contributed by atoms with Gasteiger partial charge in [-0.25, -0.2) is 4.98 Å². The number of hydrogen-bond donors (Lipinski definition) is 0. The summed E-state index contributed by atoms with van der Waals surface area (Å²) in [5, 5.41) is 1.79. The second-order valence-electron chi connectivity index (χ2n) is 7.18. The summed E-state index contributed by atoms with van der Waals surface area (Å²) in [5.41, 5.74) is -1.15. The van der Waals surface area contributed by atoms with Crippen molar-refractivity contribution in [3.8, 4) is 0 Å². The summed E-state index contributed by atoms with van der Waals surface area (Å²) in [7, 11) is 0. The molecule has 4 rings (SSSR count). The Morgan fingerprint density at radius 3 is 2.55 bits per heavy atom. The van der Waals surface area contributed by atoms with Crippen molar-refractivity contribution in [2.45, 2.75) is 19.3 Å². The van der Waals surface area contributed by atoms with Gasteiger partial charge in [0.15, 0.2) is 4.96 Å². The Bertz CT molecular complexity index is 1220. The van der Waals surface area contributed by atoms with Gasteiger partial charge >= 0.3 is 6.18 Å². The van der Waals surface area contributed by atoms with Crippen molar-refractivity contribution < 1.29 is 18.0 Å². The van der Waals surface area contributed by atoms with E-state index in [0.29, 0.717) is 55.6 Å². The van der Waals surface area contributed by atoms with Gasteiger partial charge in [-0.1, -0.05) is 0 Å². The number of fused-ring (bicyclic) bond motifs is 1. The van der Waals surface area contributed by atoms with E-state index in [1.54, 1.807) is 11.6 Å². The molecule has 164 valence electrons. The Labute approximate surface area is 177 Å². The molecule has 1 amide bonds. The topological polar surface area (TPSA) is 79.9 Å². The van der Waals surface area contributed by atoms with Crippen LogP contribution >= 0.6 is 11.3 Å². The maximum Gasteiger partial charge on any atom is 0.417 e. The SMILES string of the molecule is O=C(Cn1cc(C(F)(F)F)ccc1=O)N1CCN(Cc2cc(=O)n3ccsc3n2)CC1. The molecule has 0 aromatic carbocycles. The minimum Gasteiger partial charge on any atom is -0.339 e. The summed E-state index contributed by atoms with van der Waals surface area (Å²) < 4.78 is 40.8. The fourth-order valence-electron chi connectivity index (χ4n) is 3.42. The third-order valence-corrected chi connectivity index (χ3v) is 5.84. The molecule has 0 atom stereocenters. The molecule has 31 heavy (non-hydrogen) atoms. The average Bonchev–Trinajstić information content (AvgIpc) is 3.18. The number of carbonyl (C=O) groups excluding carboxylic acids is 1. The van der Waals surface area contributed by atoms with E-state index in [1.807, 2.05) is 4.90 Å². The molecule has 3 aromatic rings. The molecule has 1 aliphatic rings. The summed E-state index contributed by atoms with van der Waals surface area (Å²) >= 11 is 1.37. The summed E-state index contributed by atoms with van der Waals surface area (Å²) in [6, 6.07) is 3.00. The van der Waals surface area contributed by atoms with E-state index in [0.717, 1.165) is 10.6 Å². The Morgan fingerprint density at radius 1 is 1.10 bits per heavy atom. The molecule has 0 spiro atoms. The molecule has 4 heterocycles. The maximum atomic E-state index is 12.9. The number of halogens is 3. The minimum absolute atomic E-state index is 0.151. The normalized spacial score (nSPS) is 15.5. The minimum atomic E-state index is -4.59. The maximum absolute atomic E-state index is 12.9. The second-order valence-corrected chi connectivity index (χ2v) is 8.05. The first-order valence-corrected chi connectivity index (χ1v) is 10.3. The van der Waals surface area contributed by atoms with E-state index in [-0.39, 0.29) is 5.56 Å². The summed E-state index contributed by atoms with van der Waals surface area (Å²) in [6.45, 7) is 1.79. The number of alkyl halides is 3. The van der Waals surface area contributed by atoms with E-state index in [2.05, 4.69) is 4.98 Å². The fraction of sp³-hybridized carbons (Fsp3) is 0.368. The quantitative estimate of drug-likeness (QED) is 0.595. The van der Waals surface area contributed by atoms with Crippen LogP contribution in [-0.4, -0.2) is 55.8 Å². The Balaban J connectivity index is 1.37. The standard InChI is InChI=1S/C19H18F3N5O3S/c20-19(21,22)13-1-2-15(28)26(10-13)12-17(30)25-5-3-24(4-6-25)11-14-9-16(29)27-7-8-31-18(27)23-14/h1-2,7-10H,3-6,11-12H2. The molecule has 0 aliphatic carbocycles. The lowest BCUT2D eigenvalue weighted by Crippen LogP contribution is -2.49. The van der Waals surface area contributed by atoms with Crippen molar-refractivity contribution in [3.05, 3.63) is 67.9 Å². The monoisotopic (exact) mass is 453 g/mol. The molecule has 12 heteroatoms. The highest BCUT2D eigenvalue weighted by Crippen LogP contribution is 2.28. The molecular weight excluding hydrogens is 435 g/mol. The number of thiazole rings is 1. The lowest BCUT2D eigenvalue weighted by molar-refractivity contribution is -0.139. The molecule has 0 unspecified atom stereocenters. The zero-order valence-corrected chi connectivity index (χ0v) is 17.0. The van der Waals surface area contributed by atoms with Crippen LogP contribution in [-0.2, 0) is 24.1 Å². The van der Waals surface area contributed by atoms with Gasteiger partial charge in [-0.3, -0.25) is 23.7 Å². The molecular formula is C19H18F3N5O3S. The van der Waals surface area contributed by atoms with Crippen LogP contribution < -0.4 is 11.1 Å². The highest BCUT2D eigenvalue weighted by Gasteiger charge is 2.31. The number of amides is 1. The average molecular weight is 453 g/mol. The summed E-state index contributed by atoms with van der Waals surface area (Å²) in [5.74, 6) is -0.419. The molecule has 0 radical (unpaired) electrons. The van der Waals surface area contributed by atoms with Crippen LogP contribution in [0.5, 0.6) is 0 Å². The molecule has 0 N–H and O–H groups in total. The summed E-state index contributed by atoms with van der Waals surface area (Å²) in [6.07, 6.45) is -2.26. The smallest absolute Gasteiger partial charge is 0.339 e. The Morgan fingerprint density at radius 2 is 1.84 bits per heavy atom. The molecule has 3 aromatic heterocycles. The van der Waals surface area contributed by atoms with Crippen LogP contribution in [0.2, 0.25) is 0 Å². The highest BCUT2D eigenvalue weighted by molar-refractivity contribution is 7.15. The van der Waals surface area contributed by atoms with Gasteiger partial charge in [0.2, 0.25) is 5.91 Å². The van der Waals surface area contributed by atoms with Crippen LogP contribution in [0.25, 0.3) is 4.96 Å². The van der Waals surface area contributed by atoms with Crippen LogP contribution in [0.15, 0.2) is 45.6 Å². The predicted octanol–water partition coefficient (Wildman–Crippen LogP) is 1.28. The number of carbonyl (C=O) groups is 1. The van der Waals surface area contributed by atoms with E-state index in [1.165, 1.54) is 26.7 Å². The number of piperazine rings is 1. The van der Waals surface area contributed by atoms with Gasteiger partial charge in [0.25, 0.3) is 11.1 Å². The van der Waals surface area contributed by atoms with Gasteiger partial charge in [0.1, 0.15) is 6.54 Å². The number of rotatable bonds is 4. The molecule has 1 saturated heterocycles. The molecule has 1 fully saturated rings. The van der Waals surface area contributed by atoms with Gasteiger partial charge in [0.05, 0.1) is 11.3 Å². The van der Waals surface area contributed by atoms with E-state index >= 15 is 0 Å². The number of pyridine rings is 1. The van der Waals surface area contributed by atoms with Crippen LogP contribution in [0, 0.1) is 0 Å². The lowest BCUT2D eigenvalue weighted by Gasteiger charge is -2.34. The van der Waals surface area contributed by atoms with Crippen molar-refractivity contribution in [2.75, 3.05) is 26.2 Å². The molecule has 0 saturated carbocycles. The third-order valence-electron chi connectivity index (χ3n) is 5.08.